The van der Waals surface area contributed by atoms with Crippen LogP contribution in [-0.4, -0.2) is 53.2 Å². The van der Waals surface area contributed by atoms with Crippen molar-refractivity contribution in [2.75, 3.05) is 26.2 Å². The number of rotatable bonds is 1. The van der Waals surface area contributed by atoms with Gasteiger partial charge in [-0.2, -0.15) is 0 Å². The molecule has 2 heterocycles. The maximum Gasteiger partial charge on any atom is 0.407 e. The van der Waals surface area contributed by atoms with E-state index in [4.69, 9.17) is 5.11 Å². The molecule has 4 nitrogen and oxygen atoms in total. The summed E-state index contributed by atoms with van der Waals surface area (Å²) < 4.78 is 0. The Bertz CT molecular complexity index is 309. The van der Waals surface area contributed by atoms with Crippen LogP contribution in [-0.2, 0) is 0 Å². The second kappa shape index (κ2) is 3.87. The summed E-state index contributed by atoms with van der Waals surface area (Å²) >= 11 is 0. The van der Waals surface area contributed by atoms with Crippen molar-refractivity contribution in [3.63, 3.8) is 0 Å². The molecule has 96 valence electrons. The van der Waals surface area contributed by atoms with Crippen molar-refractivity contribution >= 4 is 6.09 Å². The summed E-state index contributed by atoms with van der Waals surface area (Å²) in [6, 6.07) is 0.749. The predicted octanol–water partition coefficient (Wildman–Crippen LogP) is 1.86. The molecule has 0 aromatic heterocycles. The number of hydrogen-bond acceptors (Lipinski definition) is 2. The van der Waals surface area contributed by atoms with Gasteiger partial charge in [0.1, 0.15) is 0 Å². The normalized spacial score (nSPS) is 30.1. The maximum absolute atomic E-state index is 10.7. The lowest BCUT2D eigenvalue weighted by Gasteiger charge is -2.60. The third-order valence-corrected chi connectivity index (χ3v) is 4.99. The standard InChI is InChI=1S/C13H22N2O2/c1-10-2-4-14(5-3-10)11-6-13(7-11)8-15(9-13)12(16)17/h10-11H,2-9H2,1H3,(H,16,17). The molecule has 1 aliphatic carbocycles. The van der Waals surface area contributed by atoms with Crippen LogP contribution in [0.2, 0.25) is 0 Å². The smallest absolute Gasteiger partial charge is 0.407 e. The molecule has 0 aromatic rings. The first-order valence-corrected chi connectivity index (χ1v) is 6.80. The van der Waals surface area contributed by atoms with E-state index in [-0.39, 0.29) is 0 Å². The molecule has 1 saturated carbocycles. The molecule has 0 unspecified atom stereocenters. The monoisotopic (exact) mass is 238 g/mol. The summed E-state index contributed by atoms with van der Waals surface area (Å²) in [5.41, 5.74) is 0.367. The van der Waals surface area contributed by atoms with Gasteiger partial charge in [0.15, 0.2) is 0 Å². The van der Waals surface area contributed by atoms with Crippen LogP contribution in [0.25, 0.3) is 0 Å². The van der Waals surface area contributed by atoms with Crippen molar-refractivity contribution < 1.29 is 9.90 Å². The van der Waals surface area contributed by atoms with Gasteiger partial charge in [-0.3, -0.25) is 0 Å². The maximum atomic E-state index is 10.7. The minimum atomic E-state index is -0.745. The van der Waals surface area contributed by atoms with E-state index in [0.717, 1.165) is 25.0 Å². The molecule has 1 N–H and O–H groups in total. The topological polar surface area (TPSA) is 43.8 Å². The fourth-order valence-corrected chi connectivity index (χ4v) is 3.75. The zero-order valence-corrected chi connectivity index (χ0v) is 10.6. The van der Waals surface area contributed by atoms with Gasteiger partial charge in [-0.25, -0.2) is 4.79 Å². The van der Waals surface area contributed by atoms with E-state index in [1.165, 1.54) is 38.8 Å². The Morgan fingerprint density at radius 2 is 1.82 bits per heavy atom. The number of nitrogens with zero attached hydrogens (tertiary/aromatic N) is 2. The molecule has 0 atom stereocenters. The fraction of sp³-hybridized carbons (Fsp3) is 0.923. The molecular formula is C13H22N2O2. The average molecular weight is 238 g/mol. The number of hydrogen-bond donors (Lipinski definition) is 1. The van der Waals surface area contributed by atoms with Crippen LogP contribution in [0.5, 0.6) is 0 Å². The number of piperidine rings is 1. The second-order valence-corrected chi connectivity index (χ2v) is 6.42. The molecule has 1 amide bonds. The molecule has 17 heavy (non-hydrogen) atoms. The zero-order valence-electron chi connectivity index (χ0n) is 10.6. The summed E-state index contributed by atoms with van der Waals surface area (Å²) in [5.74, 6) is 0.895. The van der Waals surface area contributed by atoms with E-state index in [2.05, 4.69) is 11.8 Å². The van der Waals surface area contributed by atoms with Crippen LogP contribution < -0.4 is 0 Å². The van der Waals surface area contributed by atoms with Gasteiger partial charge < -0.3 is 14.9 Å². The fourth-order valence-electron chi connectivity index (χ4n) is 3.75. The van der Waals surface area contributed by atoms with E-state index < -0.39 is 6.09 Å². The highest BCUT2D eigenvalue weighted by molar-refractivity contribution is 5.66. The van der Waals surface area contributed by atoms with Crippen LogP contribution in [0.1, 0.15) is 32.6 Å². The Balaban J connectivity index is 1.45. The van der Waals surface area contributed by atoms with E-state index >= 15 is 0 Å². The molecule has 2 aliphatic heterocycles. The lowest BCUT2D eigenvalue weighted by molar-refractivity contribution is -0.101. The molecule has 4 heteroatoms. The summed E-state index contributed by atoms with van der Waals surface area (Å²) in [6.07, 6.45) is 4.39. The first kappa shape index (κ1) is 11.3. The minimum absolute atomic E-state index is 0.367. The van der Waals surface area contributed by atoms with Crippen LogP contribution in [0, 0.1) is 11.3 Å². The van der Waals surface area contributed by atoms with Crippen molar-refractivity contribution in [3.8, 4) is 0 Å². The van der Waals surface area contributed by atoms with Crippen molar-refractivity contribution in [2.45, 2.75) is 38.6 Å². The van der Waals surface area contributed by atoms with E-state index in [0.29, 0.717) is 5.41 Å². The molecule has 3 rings (SSSR count). The number of amides is 1. The first-order valence-electron chi connectivity index (χ1n) is 6.80. The van der Waals surface area contributed by atoms with Gasteiger partial charge in [-0.15, -0.1) is 0 Å². The zero-order chi connectivity index (χ0) is 12.0. The second-order valence-electron chi connectivity index (χ2n) is 6.42. The molecular weight excluding hydrogens is 216 g/mol. The van der Waals surface area contributed by atoms with Crippen LogP contribution in [0.15, 0.2) is 0 Å². The Morgan fingerprint density at radius 1 is 1.24 bits per heavy atom. The van der Waals surface area contributed by atoms with E-state index in [1.807, 2.05) is 0 Å². The highest BCUT2D eigenvalue weighted by Crippen LogP contribution is 2.50. The van der Waals surface area contributed by atoms with E-state index in [9.17, 15) is 4.79 Å². The van der Waals surface area contributed by atoms with Crippen molar-refractivity contribution in [1.29, 1.82) is 0 Å². The Morgan fingerprint density at radius 3 is 2.35 bits per heavy atom. The SMILES string of the molecule is CC1CCN(C2CC3(C2)CN(C(=O)O)C3)CC1. The van der Waals surface area contributed by atoms with Gasteiger partial charge in [-0.05, 0) is 44.7 Å². The van der Waals surface area contributed by atoms with Gasteiger partial charge >= 0.3 is 6.09 Å². The molecule has 0 aromatic carbocycles. The number of carbonyl (C=O) groups is 1. The van der Waals surface area contributed by atoms with Crippen LogP contribution in [0.4, 0.5) is 4.79 Å². The number of likely N-dealkylation sites (tertiary alicyclic amines) is 2. The van der Waals surface area contributed by atoms with E-state index in [1.54, 1.807) is 4.90 Å². The molecule has 3 aliphatic rings. The highest BCUT2D eigenvalue weighted by Gasteiger charge is 2.55. The van der Waals surface area contributed by atoms with Crippen molar-refractivity contribution in [2.24, 2.45) is 11.3 Å². The summed E-state index contributed by atoms with van der Waals surface area (Å²) in [6.45, 7) is 6.41. The Hall–Kier alpha value is -0.770. The summed E-state index contributed by atoms with van der Waals surface area (Å²) in [7, 11) is 0. The van der Waals surface area contributed by atoms with Gasteiger partial charge in [0.25, 0.3) is 0 Å². The Labute approximate surface area is 103 Å². The van der Waals surface area contributed by atoms with Gasteiger partial charge in [-0.1, -0.05) is 6.92 Å². The average Bonchev–Trinajstić information content (AvgIpc) is 2.15. The summed E-state index contributed by atoms with van der Waals surface area (Å²) in [4.78, 5) is 14.9. The predicted molar refractivity (Wildman–Crippen MR) is 65.0 cm³/mol. The van der Waals surface area contributed by atoms with Gasteiger partial charge in [0.05, 0.1) is 0 Å². The highest BCUT2D eigenvalue weighted by atomic mass is 16.4. The quantitative estimate of drug-likeness (QED) is 0.758. The number of carboxylic acid groups (broad SMARTS) is 1. The minimum Gasteiger partial charge on any atom is -0.465 e. The first-order chi connectivity index (χ1) is 8.08. The molecule has 0 bridgehead atoms. The third kappa shape index (κ3) is 1.92. The summed E-state index contributed by atoms with van der Waals surface area (Å²) in [5, 5.41) is 8.84. The lowest BCUT2D eigenvalue weighted by Crippen LogP contribution is -2.67. The molecule has 3 fully saturated rings. The van der Waals surface area contributed by atoms with Crippen molar-refractivity contribution in [3.05, 3.63) is 0 Å². The largest absolute Gasteiger partial charge is 0.465 e. The lowest BCUT2D eigenvalue weighted by atomic mass is 9.60. The van der Waals surface area contributed by atoms with Gasteiger partial charge in [0, 0.05) is 24.5 Å². The molecule has 1 spiro atoms. The van der Waals surface area contributed by atoms with Crippen molar-refractivity contribution in [1.82, 2.24) is 9.80 Å². The van der Waals surface area contributed by atoms with Gasteiger partial charge in [0.2, 0.25) is 0 Å². The van der Waals surface area contributed by atoms with Crippen LogP contribution >= 0.6 is 0 Å². The molecule has 0 radical (unpaired) electrons. The van der Waals surface area contributed by atoms with Crippen LogP contribution in [0.3, 0.4) is 0 Å². The third-order valence-electron chi connectivity index (χ3n) is 4.99. The Kier molecular flexibility index (Phi) is 2.58. The molecule has 2 saturated heterocycles.